The fourth-order valence-electron chi connectivity index (χ4n) is 6.02. The second-order valence-corrected chi connectivity index (χ2v) is 12.4. The number of ketones is 3. The molecule has 45 heavy (non-hydrogen) atoms. The third kappa shape index (κ3) is 8.65. The predicted octanol–water partition coefficient (Wildman–Crippen LogP) is 5.48. The zero-order valence-corrected chi connectivity index (χ0v) is 26.7. The number of esters is 1. The highest BCUT2D eigenvalue weighted by molar-refractivity contribution is 6.03. The number of hydrogen-bond donors (Lipinski definition) is 2. The van der Waals surface area contributed by atoms with Crippen molar-refractivity contribution in [1.29, 1.82) is 0 Å². The van der Waals surface area contributed by atoms with Crippen molar-refractivity contribution in [2.75, 3.05) is 13.7 Å². The number of ether oxygens (including phenoxy) is 2. The average molecular weight is 618 g/mol. The first-order chi connectivity index (χ1) is 21.5. The first-order valence-electron chi connectivity index (χ1n) is 15.6. The number of nitrogens with zero attached hydrogens (tertiary/aromatic N) is 1. The summed E-state index contributed by atoms with van der Waals surface area (Å²) in [6, 6.07) is 7.91. The van der Waals surface area contributed by atoms with E-state index in [2.05, 4.69) is 15.3 Å². The third-order valence-corrected chi connectivity index (χ3v) is 8.42. The molecule has 10 nitrogen and oxygen atoms in total. The number of amides is 1. The first-order valence-corrected chi connectivity index (χ1v) is 15.6. The van der Waals surface area contributed by atoms with Gasteiger partial charge >= 0.3 is 5.97 Å². The van der Waals surface area contributed by atoms with Crippen LogP contribution in [0.25, 0.3) is 10.9 Å². The van der Waals surface area contributed by atoms with Crippen LogP contribution in [0.2, 0.25) is 0 Å². The fraction of sp³-hybridized carbons (Fsp3) is 0.486. The van der Waals surface area contributed by atoms with Crippen LogP contribution in [-0.2, 0) is 19.1 Å². The van der Waals surface area contributed by atoms with Crippen LogP contribution in [0, 0.1) is 31.6 Å². The van der Waals surface area contributed by atoms with Crippen molar-refractivity contribution >= 4 is 40.1 Å². The molecule has 0 spiro atoms. The van der Waals surface area contributed by atoms with E-state index >= 15 is 0 Å². The molecule has 10 heteroatoms. The molecule has 1 aromatic carbocycles. The van der Waals surface area contributed by atoms with Gasteiger partial charge in [0.05, 0.1) is 24.4 Å². The lowest BCUT2D eigenvalue weighted by molar-refractivity contribution is -0.133. The molecule has 0 radical (unpaired) electrons. The average Bonchev–Trinajstić information content (AvgIpc) is 3.45. The number of fused-ring (bicyclic) bond motifs is 1. The molecule has 240 valence electrons. The van der Waals surface area contributed by atoms with Crippen LogP contribution >= 0.6 is 0 Å². The van der Waals surface area contributed by atoms with Crippen LogP contribution in [0.3, 0.4) is 0 Å². The molecule has 1 aliphatic rings. The van der Waals surface area contributed by atoms with E-state index in [-0.39, 0.29) is 41.8 Å². The van der Waals surface area contributed by atoms with Crippen molar-refractivity contribution < 1.29 is 33.4 Å². The van der Waals surface area contributed by atoms with Crippen LogP contribution in [0.5, 0.6) is 5.75 Å². The molecule has 0 bridgehead atoms. The number of aromatic amines is 1. The number of methoxy groups -OCH3 is 1. The van der Waals surface area contributed by atoms with Crippen molar-refractivity contribution in [3.63, 3.8) is 0 Å². The lowest BCUT2D eigenvalue weighted by Gasteiger charge is -2.27. The van der Waals surface area contributed by atoms with Crippen LogP contribution < -0.4 is 10.1 Å². The normalized spacial score (nSPS) is 16.3. The summed E-state index contributed by atoms with van der Waals surface area (Å²) in [7, 11) is 1.56. The van der Waals surface area contributed by atoms with Gasteiger partial charge in [-0.05, 0) is 75.3 Å². The van der Waals surface area contributed by atoms with Crippen molar-refractivity contribution in [1.82, 2.24) is 15.3 Å². The second-order valence-electron chi connectivity index (χ2n) is 12.4. The number of H-pyrrole nitrogens is 1. The number of nitrogens with one attached hydrogen (secondary N) is 2. The van der Waals surface area contributed by atoms with Gasteiger partial charge in [0.2, 0.25) is 5.91 Å². The number of Topliss-reactive ketones (excluding diaryl/α,β-unsaturated/α-hetero) is 3. The van der Waals surface area contributed by atoms with Crippen LogP contribution in [-0.4, -0.2) is 59.0 Å². The summed E-state index contributed by atoms with van der Waals surface area (Å²) in [5.74, 6) is -2.19. The summed E-state index contributed by atoms with van der Waals surface area (Å²) < 4.78 is 10.8. The van der Waals surface area contributed by atoms with Crippen molar-refractivity contribution in [3.8, 4) is 5.75 Å². The van der Waals surface area contributed by atoms with E-state index in [1.807, 2.05) is 39.0 Å². The summed E-state index contributed by atoms with van der Waals surface area (Å²) >= 11 is 0. The molecule has 1 aliphatic carbocycles. The van der Waals surface area contributed by atoms with Crippen molar-refractivity contribution in [2.45, 2.75) is 78.7 Å². The minimum absolute atomic E-state index is 0.0646. The van der Waals surface area contributed by atoms with Gasteiger partial charge in [-0.15, -0.1) is 0 Å². The molecule has 4 rings (SSSR count). The molecular weight excluding hydrogens is 574 g/mol. The maximum Gasteiger partial charge on any atom is 0.340 e. The van der Waals surface area contributed by atoms with E-state index in [0.29, 0.717) is 36.3 Å². The van der Waals surface area contributed by atoms with Gasteiger partial charge in [-0.2, -0.15) is 0 Å². The van der Waals surface area contributed by atoms with Crippen molar-refractivity contribution in [3.05, 3.63) is 59.0 Å². The molecule has 1 amide bonds. The zero-order chi connectivity index (χ0) is 32.7. The highest BCUT2D eigenvalue weighted by Gasteiger charge is 2.33. The number of rotatable bonds is 14. The summed E-state index contributed by atoms with van der Waals surface area (Å²) in [6.45, 7) is 6.92. The highest BCUT2D eigenvalue weighted by atomic mass is 16.5. The Labute approximate surface area is 263 Å². The maximum atomic E-state index is 13.7. The number of carbonyl (C=O) groups is 5. The van der Waals surface area contributed by atoms with Gasteiger partial charge in [0.1, 0.15) is 11.5 Å². The van der Waals surface area contributed by atoms with E-state index in [0.717, 1.165) is 29.4 Å². The molecule has 2 N–H and O–H groups in total. The Bertz CT molecular complexity index is 1570. The number of carbonyl (C=O) groups excluding carboxylic acids is 5. The largest absolute Gasteiger partial charge is 0.496 e. The zero-order valence-electron chi connectivity index (χ0n) is 26.7. The Hall–Kier alpha value is -4.34. The molecule has 0 saturated heterocycles. The molecule has 0 unspecified atom stereocenters. The van der Waals surface area contributed by atoms with E-state index < -0.39 is 36.2 Å². The van der Waals surface area contributed by atoms with Crippen LogP contribution in [0.4, 0.5) is 0 Å². The second kappa shape index (κ2) is 15.1. The molecule has 1 saturated carbocycles. The molecular formula is C35H43N3O7. The standard InChI is InChI=1S/C35H43N3O7/c1-20(2)13-24(16-31(40)29-17-25-27(37-29)10-8-12-33(25)44-5)34(42)38-28(15-23-9-6-7-11-30(23)39)32(41)19-45-35(43)26-18-36-22(4)14-21(26)3/h8,10,12,14,17-18,20,23-24,28,37H,6-7,9,11,13,15-16,19H2,1-5H3,(H,38,42)/t23-,24+,28-/m0/s1. The number of pyridine rings is 1. The number of benzene rings is 1. The van der Waals surface area contributed by atoms with Gasteiger partial charge in [-0.25, -0.2) is 4.79 Å². The maximum absolute atomic E-state index is 13.7. The van der Waals surface area contributed by atoms with Gasteiger partial charge in [-0.3, -0.25) is 24.2 Å². The number of hydrogen-bond acceptors (Lipinski definition) is 8. The summed E-state index contributed by atoms with van der Waals surface area (Å²) in [5.41, 5.74) is 2.79. The molecule has 2 aromatic heterocycles. The van der Waals surface area contributed by atoms with Gasteiger partial charge in [0, 0.05) is 47.5 Å². The lowest BCUT2D eigenvalue weighted by atomic mass is 9.82. The minimum Gasteiger partial charge on any atom is -0.496 e. The van der Waals surface area contributed by atoms with Gasteiger partial charge in [0.15, 0.2) is 18.2 Å². The summed E-state index contributed by atoms with van der Waals surface area (Å²) in [5, 5.41) is 3.61. The Balaban J connectivity index is 1.50. The van der Waals surface area contributed by atoms with Crippen LogP contribution in [0.15, 0.2) is 36.5 Å². The van der Waals surface area contributed by atoms with Crippen molar-refractivity contribution in [2.24, 2.45) is 17.8 Å². The Morgan fingerprint density at radius 2 is 1.89 bits per heavy atom. The van der Waals surface area contributed by atoms with E-state index in [9.17, 15) is 24.0 Å². The molecule has 0 aliphatic heterocycles. The highest BCUT2D eigenvalue weighted by Crippen LogP contribution is 2.29. The van der Waals surface area contributed by atoms with Gasteiger partial charge in [-0.1, -0.05) is 26.3 Å². The smallest absolute Gasteiger partial charge is 0.340 e. The fourth-order valence-corrected chi connectivity index (χ4v) is 6.02. The Morgan fingerprint density at radius 1 is 1.11 bits per heavy atom. The summed E-state index contributed by atoms with van der Waals surface area (Å²) in [4.78, 5) is 73.4. The van der Waals surface area contributed by atoms with E-state index in [4.69, 9.17) is 9.47 Å². The monoisotopic (exact) mass is 617 g/mol. The summed E-state index contributed by atoms with van der Waals surface area (Å²) in [6.07, 6.45) is 4.61. The Kier molecular flexibility index (Phi) is 11.3. The number of aromatic nitrogens is 2. The molecule has 1 fully saturated rings. The van der Waals surface area contributed by atoms with Gasteiger partial charge in [0.25, 0.3) is 0 Å². The number of aryl methyl sites for hydroxylation is 2. The predicted molar refractivity (Wildman–Crippen MR) is 169 cm³/mol. The Morgan fingerprint density at radius 3 is 2.58 bits per heavy atom. The molecule has 3 atom stereocenters. The van der Waals surface area contributed by atoms with E-state index in [1.165, 1.54) is 6.20 Å². The SMILES string of the molecule is COc1cccc2[nH]c(C(=O)C[C@@H](CC(C)C)C(=O)N[C@@H](C[C@@H]3CCCCC3=O)C(=O)COC(=O)c3cnc(C)cc3C)cc12. The minimum atomic E-state index is -1.04. The topological polar surface area (TPSA) is 145 Å². The van der Waals surface area contributed by atoms with Crippen LogP contribution in [0.1, 0.15) is 90.9 Å². The molecule has 3 aromatic rings. The lowest BCUT2D eigenvalue weighted by Crippen LogP contribution is -2.47. The van der Waals surface area contributed by atoms with E-state index in [1.54, 1.807) is 26.2 Å². The third-order valence-electron chi connectivity index (χ3n) is 8.42. The molecule has 2 heterocycles. The quantitative estimate of drug-likeness (QED) is 0.179. The van der Waals surface area contributed by atoms with Gasteiger partial charge < -0.3 is 19.8 Å². The first kappa shape index (κ1) is 33.6.